The van der Waals surface area contributed by atoms with E-state index in [4.69, 9.17) is 4.99 Å². The number of hydrogen-bond donors (Lipinski definition) is 2. The second-order valence-electron chi connectivity index (χ2n) is 5.33. The third-order valence-corrected chi connectivity index (χ3v) is 5.03. The van der Waals surface area contributed by atoms with Gasteiger partial charge in [-0.25, -0.2) is 0 Å². The second kappa shape index (κ2) is 8.93. The van der Waals surface area contributed by atoms with Crippen LogP contribution < -0.4 is 10.6 Å². The number of aryl methyl sites for hydroxylation is 1. The highest BCUT2D eigenvalue weighted by atomic mass is 32.2. The van der Waals surface area contributed by atoms with Gasteiger partial charge in [0.1, 0.15) is 0 Å². The van der Waals surface area contributed by atoms with Crippen LogP contribution in [0.15, 0.2) is 23.5 Å². The molecule has 1 saturated heterocycles. The van der Waals surface area contributed by atoms with E-state index in [0.717, 1.165) is 32.0 Å². The van der Waals surface area contributed by atoms with Crippen molar-refractivity contribution in [1.82, 2.24) is 15.6 Å². The summed E-state index contributed by atoms with van der Waals surface area (Å²) in [6, 6.07) is 2.09. The van der Waals surface area contributed by atoms with Crippen LogP contribution in [-0.2, 0) is 6.42 Å². The van der Waals surface area contributed by atoms with Gasteiger partial charge < -0.3 is 10.6 Å². The van der Waals surface area contributed by atoms with Crippen LogP contribution in [0.5, 0.6) is 0 Å². The summed E-state index contributed by atoms with van der Waals surface area (Å²) in [7, 11) is 0. The number of aromatic nitrogens is 1. The van der Waals surface area contributed by atoms with Gasteiger partial charge in [-0.3, -0.25) is 9.98 Å². The average Bonchev–Trinajstić information content (AvgIpc) is 3.00. The van der Waals surface area contributed by atoms with E-state index in [1.54, 1.807) is 0 Å². The summed E-state index contributed by atoms with van der Waals surface area (Å²) in [6.07, 6.45) is 7.43. The first-order valence-electron chi connectivity index (χ1n) is 7.83. The number of aliphatic imine (C=N–C) groups is 1. The third kappa shape index (κ3) is 5.58. The number of hydrogen-bond acceptors (Lipinski definition) is 3. The Morgan fingerprint density at radius 1 is 1.48 bits per heavy atom. The Hall–Kier alpha value is -1.23. The summed E-state index contributed by atoms with van der Waals surface area (Å²) in [5.74, 6) is 2.24. The summed E-state index contributed by atoms with van der Waals surface area (Å²) in [4.78, 5) is 8.84. The first-order chi connectivity index (χ1) is 10.3. The Bertz CT molecular complexity index is 455. The van der Waals surface area contributed by atoms with E-state index in [1.807, 2.05) is 12.4 Å². The molecule has 116 valence electrons. The molecule has 1 atom stereocenters. The Morgan fingerprint density at radius 2 is 2.38 bits per heavy atom. The number of guanidine groups is 1. The van der Waals surface area contributed by atoms with Crippen LogP contribution in [0, 0.1) is 6.92 Å². The number of nitrogens with zero attached hydrogens (tertiary/aromatic N) is 2. The fourth-order valence-corrected chi connectivity index (χ4v) is 3.60. The van der Waals surface area contributed by atoms with Gasteiger partial charge in [0.05, 0.1) is 6.54 Å². The van der Waals surface area contributed by atoms with Crippen molar-refractivity contribution in [3.05, 3.63) is 29.6 Å². The zero-order chi connectivity index (χ0) is 14.9. The van der Waals surface area contributed by atoms with Crippen LogP contribution in [-0.4, -0.2) is 41.6 Å². The van der Waals surface area contributed by atoms with Crippen LogP contribution in [0.2, 0.25) is 0 Å². The van der Waals surface area contributed by atoms with Crippen LogP contribution in [0.4, 0.5) is 0 Å². The minimum atomic E-state index is 0.711. The molecule has 1 aromatic heterocycles. The van der Waals surface area contributed by atoms with Crippen molar-refractivity contribution in [1.29, 1.82) is 0 Å². The summed E-state index contributed by atoms with van der Waals surface area (Å²) >= 11 is 2.06. The molecule has 21 heavy (non-hydrogen) atoms. The van der Waals surface area contributed by atoms with Crippen molar-refractivity contribution in [2.45, 2.75) is 38.4 Å². The van der Waals surface area contributed by atoms with E-state index < -0.39 is 0 Å². The van der Waals surface area contributed by atoms with Crippen molar-refractivity contribution in [3.8, 4) is 0 Å². The molecule has 1 unspecified atom stereocenters. The number of pyridine rings is 1. The lowest BCUT2D eigenvalue weighted by Crippen LogP contribution is -2.38. The predicted molar refractivity (Wildman–Crippen MR) is 92.1 cm³/mol. The van der Waals surface area contributed by atoms with Gasteiger partial charge >= 0.3 is 0 Å². The molecule has 0 aliphatic carbocycles. The van der Waals surface area contributed by atoms with Crippen molar-refractivity contribution >= 4 is 17.7 Å². The smallest absolute Gasteiger partial charge is 0.191 e. The molecule has 1 aliphatic rings. The first kappa shape index (κ1) is 16.1. The zero-order valence-electron chi connectivity index (χ0n) is 13.1. The highest BCUT2D eigenvalue weighted by molar-refractivity contribution is 8.00. The molecule has 0 bridgehead atoms. The quantitative estimate of drug-likeness (QED) is 0.626. The maximum absolute atomic E-state index is 4.71. The summed E-state index contributed by atoms with van der Waals surface area (Å²) in [5, 5.41) is 7.47. The Kier molecular flexibility index (Phi) is 6.86. The van der Waals surface area contributed by atoms with Crippen LogP contribution in [0.3, 0.4) is 0 Å². The predicted octanol–water partition coefficient (Wildman–Crippen LogP) is 2.38. The van der Waals surface area contributed by atoms with Crippen LogP contribution in [0.25, 0.3) is 0 Å². The lowest BCUT2D eigenvalue weighted by molar-refractivity contribution is 0.760. The van der Waals surface area contributed by atoms with Gasteiger partial charge in [-0.15, -0.1) is 0 Å². The minimum absolute atomic E-state index is 0.711. The number of thioether (sulfide) groups is 1. The summed E-state index contributed by atoms with van der Waals surface area (Å²) in [5.41, 5.74) is 2.60. The molecular weight excluding hydrogens is 280 g/mol. The van der Waals surface area contributed by atoms with Crippen molar-refractivity contribution in [2.24, 2.45) is 4.99 Å². The van der Waals surface area contributed by atoms with Crippen molar-refractivity contribution < 1.29 is 0 Å². The second-order valence-corrected chi connectivity index (χ2v) is 6.74. The van der Waals surface area contributed by atoms with Crippen molar-refractivity contribution in [3.63, 3.8) is 0 Å². The molecule has 4 nitrogen and oxygen atoms in total. The Morgan fingerprint density at radius 3 is 3.10 bits per heavy atom. The van der Waals surface area contributed by atoms with E-state index >= 15 is 0 Å². The van der Waals surface area contributed by atoms with Gasteiger partial charge in [0.2, 0.25) is 0 Å². The zero-order valence-corrected chi connectivity index (χ0v) is 13.9. The van der Waals surface area contributed by atoms with E-state index in [1.165, 1.54) is 29.7 Å². The molecule has 1 aliphatic heterocycles. The van der Waals surface area contributed by atoms with E-state index in [0.29, 0.717) is 5.25 Å². The molecule has 0 spiro atoms. The van der Waals surface area contributed by atoms with Gasteiger partial charge in [-0.2, -0.15) is 11.8 Å². The van der Waals surface area contributed by atoms with Gasteiger partial charge in [0.25, 0.3) is 0 Å². The summed E-state index contributed by atoms with van der Waals surface area (Å²) < 4.78 is 0. The maximum Gasteiger partial charge on any atom is 0.191 e. The molecular formula is C16H26N4S. The van der Waals surface area contributed by atoms with Crippen LogP contribution in [0.1, 0.15) is 30.9 Å². The van der Waals surface area contributed by atoms with E-state index in [-0.39, 0.29) is 0 Å². The Labute approximate surface area is 132 Å². The lowest BCUT2D eigenvalue weighted by atomic mass is 10.1. The largest absolute Gasteiger partial charge is 0.357 e. The van der Waals surface area contributed by atoms with Crippen molar-refractivity contribution in [2.75, 3.05) is 25.4 Å². The molecule has 0 amide bonds. The topological polar surface area (TPSA) is 49.3 Å². The monoisotopic (exact) mass is 306 g/mol. The molecule has 1 aromatic rings. The molecule has 0 saturated carbocycles. The molecule has 2 N–H and O–H groups in total. The maximum atomic E-state index is 4.71. The number of rotatable bonds is 6. The lowest BCUT2D eigenvalue weighted by Gasteiger charge is -2.13. The van der Waals surface area contributed by atoms with Gasteiger partial charge in [0, 0.05) is 30.7 Å². The molecule has 1 fully saturated rings. The van der Waals surface area contributed by atoms with Crippen LogP contribution >= 0.6 is 11.8 Å². The average molecular weight is 306 g/mol. The molecule has 2 rings (SSSR count). The molecule has 5 heteroatoms. The standard InChI is InChI=1S/C16H26N4S/c1-3-18-16(20-12-15-5-4-10-21-15)19-9-7-14-6-8-17-11-13(14)2/h6,8,11,15H,3-5,7,9-10,12H2,1-2H3,(H2,18,19,20). The molecule has 2 heterocycles. The highest BCUT2D eigenvalue weighted by Gasteiger charge is 2.14. The molecule has 0 aromatic carbocycles. The third-order valence-electron chi connectivity index (χ3n) is 3.64. The minimum Gasteiger partial charge on any atom is -0.357 e. The Balaban J connectivity index is 1.79. The first-order valence-corrected chi connectivity index (χ1v) is 8.87. The van der Waals surface area contributed by atoms with Gasteiger partial charge in [-0.1, -0.05) is 0 Å². The van der Waals surface area contributed by atoms with E-state index in [2.05, 4.69) is 47.3 Å². The number of nitrogens with one attached hydrogen (secondary N) is 2. The summed E-state index contributed by atoms with van der Waals surface area (Å²) in [6.45, 7) is 6.94. The normalized spacial score (nSPS) is 18.8. The van der Waals surface area contributed by atoms with E-state index in [9.17, 15) is 0 Å². The van der Waals surface area contributed by atoms with Gasteiger partial charge in [-0.05, 0) is 56.1 Å². The fourth-order valence-electron chi connectivity index (χ4n) is 2.42. The molecule has 0 radical (unpaired) electrons. The SMILES string of the molecule is CCNC(=NCC1CCCS1)NCCc1ccncc1C. The van der Waals surface area contributed by atoms with Gasteiger partial charge in [0.15, 0.2) is 5.96 Å². The highest BCUT2D eigenvalue weighted by Crippen LogP contribution is 2.25. The fraction of sp³-hybridized carbons (Fsp3) is 0.625.